The van der Waals surface area contributed by atoms with Crippen LogP contribution in [0.1, 0.15) is 36.1 Å². The molecule has 1 aliphatic heterocycles. The van der Waals surface area contributed by atoms with Crippen LogP contribution in [0.15, 0.2) is 60.2 Å². The van der Waals surface area contributed by atoms with Gasteiger partial charge in [0, 0.05) is 42.5 Å². The Balaban J connectivity index is 1.35. The Morgan fingerprint density at radius 3 is 2.66 bits per heavy atom. The SMILES string of the molecule is COc1ccc(N2CCN(C(=O)Cc3cncs3)C(Cc3ccccc3)C2)cc1OC1CCCC1. The molecule has 2 aromatic carbocycles. The molecule has 0 N–H and O–H groups in total. The summed E-state index contributed by atoms with van der Waals surface area (Å²) in [5, 5.41) is 0. The van der Waals surface area contributed by atoms with E-state index in [0.29, 0.717) is 13.0 Å². The first-order valence-corrected chi connectivity index (χ1v) is 13.4. The zero-order chi connectivity index (χ0) is 24.0. The molecule has 1 saturated heterocycles. The lowest BCUT2D eigenvalue weighted by Gasteiger charge is -2.43. The smallest absolute Gasteiger partial charge is 0.228 e. The fourth-order valence-corrected chi connectivity index (χ4v) is 5.78. The maximum absolute atomic E-state index is 13.3. The molecular weight excluding hydrogens is 458 g/mol. The van der Waals surface area contributed by atoms with Crippen molar-refractivity contribution in [2.24, 2.45) is 0 Å². The highest BCUT2D eigenvalue weighted by Crippen LogP contribution is 2.36. The van der Waals surface area contributed by atoms with Gasteiger partial charge in [0.15, 0.2) is 11.5 Å². The van der Waals surface area contributed by atoms with Crippen molar-refractivity contribution in [1.82, 2.24) is 9.88 Å². The topological polar surface area (TPSA) is 54.9 Å². The maximum atomic E-state index is 13.3. The summed E-state index contributed by atoms with van der Waals surface area (Å²) in [6.45, 7) is 2.26. The molecule has 2 fully saturated rings. The summed E-state index contributed by atoms with van der Waals surface area (Å²) >= 11 is 1.54. The molecule has 7 heteroatoms. The van der Waals surface area contributed by atoms with Crippen LogP contribution in [0.4, 0.5) is 5.69 Å². The minimum atomic E-state index is 0.0906. The number of hydrogen-bond acceptors (Lipinski definition) is 6. The first kappa shape index (κ1) is 23.7. The van der Waals surface area contributed by atoms with Gasteiger partial charge in [-0.25, -0.2) is 0 Å². The standard InChI is InChI=1S/C28H33N3O3S/c1-33-26-12-11-22(16-27(26)34-24-9-5-6-10-24)30-13-14-31(28(32)17-25-18-29-20-35-25)23(19-30)15-21-7-3-2-4-8-21/h2-4,7-8,11-12,16,18,20,23-24H,5-6,9-10,13-15,17,19H2,1H3. The molecule has 1 saturated carbocycles. The highest BCUT2D eigenvalue weighted by atomic mass is 32.1. The second-order valence-corrected chi connectivity index (χ2v) is 10.4. The van der Waals surface area contributed by atoms with Crippen LogP contribution >= 0.6 is 11.3 Å². The van der Waals surface area contributed by atoms with Crippen molar-refractivity contribution < 1.29 is 14.3 Å². The third kappa shape index (κ3) is 5.78. The number of carbonyl (C=O) groups excluding carboxylic acids is 1. The molecule has 35 heavy (non-hydrogen) atoms. The Kier molecular flexibility index (Phi) is 7.52. The number of rotatable bonds is 8. The van der Waals surface area contributed by atoms with Gasteiger partial charge in [-0.05, 0) is 49.8 Å². The number of anilines is 1. The average Bonchev–Trinajstić information content (AvgIpc) is 3.59. The van der Waals surface area contributed by atoms with Gasteiger partial charge in [-0.15, -0.1) is 11.3 Å². The fourth-order valence-electron chi connectivity index (χ4n) is 5.20. The van der Waals surface area contributed by atoms with E-state index < -0.39 is 0 Å². The van der Waals surface area contributed by atoms with Gasteiger partial charge in [0.1, 0.15) is 0 Å². The summed E-state index contributed by atoms with van der Waals surface area (Å²) in [6, 6.07) is 16.8. The van der Waals surface area contributed by atoms with Gasteiger partial charge in [-0.1, -0.05) is 30.3 Å². The van der Waals surface area contributed by atoms with E-state index in [1.807, 2.05) is 12.1 Å². The summed E-state index contributed by atoms with van der Waals surface area (Å²) < 4.78 is 11.9. The second kappa shape index (κ2) is 11.1. The Labute approximate surface area is 211 Å². The first-order valence-electron chi connectivity index (χ1n) is 12.5. The van der Waals surface area contributed by atoms with E-state index >= 15 is 0 Å². The molecule has 0 radical (unpaired) electrons. The van der Waals surface area contributed by atoms with Gasteiger partial charge in [0.25, 0.3) is 0 Å². The number of amides is 1. The monoisotopic (exact) mass is 491 g/mol. The van der Waals surface area contributed by atoms with Crippen molar-refractivity contribution in [1.29, 1.82) is 0 Å². The van der Waals surface area contributed by atoms with Crippen molar-refractivity contribution in [3.8, 4) is 11.5 Å². The number of aromatic nitrogens is 1. The number of piperazine rings is 1. The molecule has 2 aliphatic rings. The summed E-state index contributed by atoms with van der Waals surface area (Å²) in [5.74, 6) is 1.77. The van der Waals surface area contributed by atoms with Gasteiger partial charge >= 0.3 is 0 Å². The minimum Gasteiger partial charge on any atom is -0.493 e. The summed E-state index contributed by atoms with van der Waals surface area (Å²) in [6.07, 6.45) is 7.97. The quantitative estimate of drug-likeness (QED) is 0.445. The van der Waals surface area contributed by atoms with Gasteiger partial charge in [0.2, 0.25) is 5.91 Å². The van der Waals surface area contributed by atoms with E-state index in [-0.39, 0.29) is 18.1 Å². The van der Waals surface area contributed by atoms with Crippen LogP contribution in [0.3, 0.4) is 0 Å². The molecule has 1 unspecified atom stereocenters. The molecule has 5 rings (SSSR count). The maximum Gasteiger partial charge on any atom is 0.228 e. The van der Waals surface area contributed by atoms with E-state index in [2.05, 4.69) is 51.2 Å². The Morgan fingerprint density at radius 1 is 1.09 bits per heavy atom. The molecule has 6 nitrogen and oxygen atoms in total. The Morgan fingerprint density at radius 2 is 1.91 bits per heavy atom. The number of ether oxygens (including phenoxy) is 2. The lowest BCUT2D eigenvalue weighted by Crippen LogP contribution is -2.56. The van der Waals surface area contributed by atoms with Crippen LogP contribution in [0, 0.1) is 0 Å². The fraction of sp³-hybridized carbons (Fsp3) is 0.429. The summed E-state index contributed by atoms with van der Waals surface area (Å²) in [7, 11) is 1.69. The predicted octanol–water partition coefficient (Wildman–Crippen LogP) is 4.98. The molecule has 1 amide bonds. The van der Waals surface area contributed by atoms with Crippen molar-refractivity contribution in [2.45, 2.75) is 50.7 Å². The van der Waals surface area contributed by atoms with Gasteiger partial charge in [-0.3, -0.25) is 9.78 Å². The molecular formula is C28H33N3O3S. The molecule has 2 heterocycles. The van der Waals surface area contributed by atoms with E-state index in [1.54, 1.807) is 30.2 Å². The third-order valence-electron chi connectivity index (χ3n) is 7.03. The molecule has 1 aromatic heterocycles. The zero-order valence-electron chi connectivity index (χ0n) is 20.3. The number of thiazole rings is 1. The molecule has 1 aliphatic carbocycles. The molecule has 0 spiro atoms. The molecule has 1 atom stereocenters. The number of methoxy groups -OCH3 is 1. The predicted molar refractivity (Wildman–Crippen MR) is 140 cm³/mol. The lowest BCUT2D eigenvalue weighted by molar-refractivity contribution is -0.133. The first-order chi connectivity index (χ1) is 17.2. The summed E-state index contributed by atoms with van der Waals surface area (Å²) in [4.78, 5) is 22.9. The highest BCUT2D eigenvalue weighted by molar-refractivity contribution is 7.09. The van der Waals surface area contributed by atoms with E-state index in [0.717, 1.165) is 54.4 Å². The molecule has 184 valence electrons. The average molecular weight is 492 g/mol. The van der Waals surface area contributed by atoms with Crippen LogP contribution in [-0.4, -0.2) is 54.7 Å². The lowest BCUT2D eigenvalue weighted by atomic mass is 10.0. The second-order valence-electron chi connectivity index (χ2n) is 9.38. The number of carbonyl (C=O) groups is 1. The van der Waals surface area contributed by atoms with Crippen LogP contribution in [-0.2, 0) is 17.6 Å². The highest BCUT2D eigenvalue weighted by Gasteiger charge is 2.31. The van der Waals surface area contributed by atoms with E-state index in [4.69, 9.17) is 9.47 Å². The summed E-state index contributed by atoms with van der Waals surface area (Å²) in [5.41, 5.74) is 4.15. The van der Waals surface area contributed by atoms with E-state index in [1.165, 1.54) is 18.4 Å². The number of hydrogen-bond donors (Lipinski definition) is 0. The Bertz CT molecular complexity index is 1100. The van der Waals surface area contributed by atoms with Gasteiger partial charge in [-0.2, -0.15) is 0 Å². The van der Waals surface area contributed by atoms with Crippen LogP contribution in [0.25, 0.3) is 0 Å². The number of benzene rings is 2. The normalized spacial score (nSPS) is 18.6. The van der Waals surface area contributed by atoms with Crippen molar-refractivity contribution >= 4 is 22.9 Å². The number of nitrogens with zero attached hydrogens (tertiary/aromatic N) is 3. The van der Waals surface area contributed by atoms with Crippen molar-refractivity contribution in [3.63, 3.8) is 0 Å². The largest absolute Gasteiger partial charge is 0.493 e. The third-order valence-corrected chi connectivity index (χ3v) is 7.81. The van der Waals surface area contributed by atoms with Crippen LogP contribution < -0.4 is 14.4 Å². The van der Waals surface area contributed by atoms with Gasteiger partial charge in [0.05, 0.1) is 31.2 Å². The molecule has 0 bridgehead atoms. The van der Waals surface area contributed by atoms with E-state index in [9.17, 15) is 4.79 Å². The van der Waals surface area contributed by atoms with Crippen molar-refractivity contribution in [2.75, 3.05) is 31.6 Å². The van der Waals surface area contributed by atoms with Gasteiger partial charge < -0.3 is 19.3 Å². The Hall–Kier alpha value is -3.06. The minimum absolute atomic E-state index is 0.0906. The van der Waals surface area contributed by atoms with Crippen LogP contribution in [0.5, 0.6) is 11.5 Å². The van der Waals surface area contributed by atoms with Crippen molar-refractivity contribution in [3.05, 3.63) is 70.7 Å². The van der Waals surface area contributed by atoms with Crippen LogP contribution in [0.2, 0.25) is 0 Å². The zero-order valence-corrected chi connectivity index (χ0v) is 21.1. The molecule has 3 aromatic rings.